The number of aromatic nitrogens is 2. The summed E-state index contributed by atoms with van der Waals surface area (Å²) >= 11 is 0. The zero-order chi connectivity index (χ0) is 18.3. The van der Waals surface area contributed by atoms with Crippen LogP contribution in [0.3, 0.4) is 0 Å². The number of nitrogens with one attached hydrogen (secondary N) is 2. The summed E-state index contributed by atoms with van der Waals surface area (Å²) in [5.41, 5.74) is 2.21. The van der Waals surface area contributed by atoms with Crippen molar-refractivity contribution in [2.75, 3.05) is 31.1 Å². The molecule has 1 aliphatic rings. The zero-order valence-corrected chi connectivity index (χ0v) is 15.1. The van der Waals surface area contributed by atoms with Gasteiger partial charge in [0.1, 0.15) is 5.82 Å². The first-order valence-corrected chi connectivity index (χ1v) is 8.94. The summed E-state index contributed by atoms with van der Waals surface area (Å²) in [7, 11) is 0. The highest BCUT2D eigenvalue weighted by Gasteiger charge is 2.28. The van der Waals surface area contributed by atoms with Gasteiger partial charge in [-0.3, -0.25) is 4.57 Å². The fraction of sp³-hybridized carbons (Fsp3) is 0.350. The maximum Gasteiger partial charge on any atom is 0.327 e. The molecule has 26 heavy (non-hydrogen) atoms. The lowest BCUT2D eigenvalue weighted by Crippen LogP contribution is -2.43. The van der Waals surface area contributed by atoms with Crippen molar-refractivity contribution in [3.05, 3.63) is 64.3 Å². The molecule has 0 spiro atoms. The van der Waals surface area contributed by atoms with Crippen molar-refractivity contribution in [2.45, 2.75) is 19.4 Å². The molecule has 1 aliphatic heterocycles. The number of aromatic amines is 1. The average Bonchev–Trinajstić information content (AvgIpc) is 2.99. The van der Waals surface area contributed by atoms with Gasteiger partial charge in [0.2, 0.25) is 0 Å². The van der Waals surface area contributed by atoms with Crippen LogP contribution in [0.5, 0.6) is 0 Å². The molecule has 0 atom stereocenters. The summed E-state index contributed by atoms with van der Waals surface area (Å²) in [5.74, 6) is -0.331. The van der Waals surface area contributed by atoms with Crippen LogP contribution in [-0.4, -0.2) is 35.7 Å². The van der Waals surface area contributed by atoms with Crippen molar-refractivity contribution in [2.24, 2.45) is 0 Å². The SMILES string of the molecule is CC(C)(c1ccccc1)n1c(=O)[nH]c2c(N3CCNCC3)cc(F)cc21. The maximum absolute atomic E-state index is 14.5. The summed E-state index contributed by atoms with van der Waals surface area (Å²) in [6.07, 6.45) is 0. The third-order valence-electron chi connectivity index (χ3n) is 5.23. The number of halogens is 1. The number of anilines is 1. The third kappa shape index (κ3) is 2.70. The Hall–Kier alpha value is -2.60. The number of piperazine rings is 1. The van der Waals surface area contributed by atoms with Crippen LogP contribution in [0.4, 0.5) is 10.1 Å². The second kappa shape index (κ2) is 6.29. The van der Waals surface area contributed by atoms with Crippen LogP contribution in [0.2, 0.25) is 0 Å². The fourth-order valence-electron chi connectivity index (χ4n) is 3.84. The lowest BCUT2D eigenvalue weighted by atomic mass is 9.94. The van der Waals surface area contributed by atoms with E-state index in [1.165, 1.54) is 12.1 Å². The van der Waals surface area contributed by atoms with E-state index in [0.29, 0.717) is 11.0 Å². The van der Waals surface area contributed by atoms with Gasteiger partial charge in [0.25, 0.3) is 0 Å². The minimum Gasteiger partial charge on any atom is -0.367 e. The van der Waals surface area contributed by atoms with Gasteiger partial charge in [-0.05, 0) is 31.5 Å². The highest BCUT2D eigenvalue weighted by atomic mass is 19.1. The van der Waals surface area contributed by atoms with E-state index in [1.807, 2.05) is 44.2 Å². The third-order valence-corrected chi connectivity index (χ3v) is 5.23. The number of rotatable bonds is 3. The Bertz CT molecular complexity index is 984. The molecule has 0 amide bonds. The van der Waals surface area contributed by atoms with Crippen LogP contribution in [0, 0.1) is 5.82 Å². The quantitative estimate of drug-likeness (QED) is 0.760. The lowest BCUT2D eigenvalue weighted by molar-refractivity contribution is 0.435. The van der Waals surface area contributed by atoms with Crippen molar-refractivity contribution >= 4 is 16.7 Å². The van der Waals surface area contributed by atoms with Gasteiger partial charge in [-0.1, -0.05) is 30.3 Å². The summed E-state index contributed by atoms with van der Waals surface area (Å²) in [6, 6.07) is 12.8. The Morgan fingerprint density at radius 3 is 2.46 bits per heavy atom. The number of H-pyrrole nitrogens is 1. The minimum absolute atomic E-state index is 0.226. The number of nitrogens with zero attached hydrogens (tertiary/aromatic N) is 2. The molecule has 1 aromatic heterocycles. The van der Waals surface area contributed by atoms with Gasteiger partial charge in [-0.25, -0.2) is 9.18 Å². The Labute approximate surface area is 151 Å². The van der Waals surface area contributed by atoms with Crippen molar-refractivity contribution in [3.63, 3.8) is 0 Å². The molecule has 1 saturated heterocycles. The molecule has 5 nitrogen and oxygen atoms in total. The molecule has 0 bridgehead atoms. The molecule has 6 heteroatoms. The first-order valence-electron chi connectivity index (χ1n) is 8.94. The predicted molar refractivity (Wildman–Crippen MR) is 102 cm³/mol. The molecular formula is C20H23FN4O. The predicted octanol–water partition coefficient (Wildman–Crippen LogP) is 2.66. The Morgan fingerprint density at radius 1 is 1.08 bits per heavy atom. The lowest BCUT2D eigenvalue weighted by Gasteiger charge is -2.30. The first kappa shape index (κ1) is 16.8. The fourth-order valence-corrected chi connectivity index (χ4v) is 3.84. The summed E-state index contributed by atoms with van der Waals surface area (Å²) in [5, 5.41) is 3.30. The second-order valence-corrected chi connectivity index (χ2v) is 7.25. The number of hydrogen-bond donors (Lipinski definition) is 2. The van der Waals surface area contributed by atoms with Crippen molar-refractivity contribution in [1.29, 1.82) is 0 Å². The molecule has 1 fully saturated rings. The van der Waals surface area contributed by atoms with E-state index in [4.69, 9.17) is 0 Å². The smallest absolute Gasteiger partial charge is 0.327 e. The highest BCUT2D eigenvalue weighted by Crippen LogP contribution is 2.32. The molecule has 0 unspecified atom stereocenters. The van der Waals surface area contributed by atoms with E-state index >= 15 is 0 Å². The largest absolute Gasteiger partial charge is 0.367 e. The number of imidazole rings is 1. The summed E-state index contributed by atoms with van der Waals surface area (Å²) in [6.45, 7) is 7.22. The average molecular weight is 354 g/mol. The highest BCUT2D eigenvalue weighted by molar-refractivity contribution is 5.89. The maximum atomic E-state index is 14.5. The van der Waals surface area contributed by atoms with Gasteiger partial charge >= 0.3 is 5.69 Å². The molecule has 3 aromatic rings. The first-order chi connectivity index (χ1) is 12.5. The normalized spacial score (nSPS) is 15.6. The molecule has 2 heterocycles. The summed E-state index contributed by atoms with van der Waals surface area (Å²) < 4.78 is 16.1. The standard InChI is InChI=1S/C20H23FN4O/c1-20(2,14-6-4-3-5-7-14)25-17-13-15(21)12-16(18(17)23-19(25)26)24-10-8-22-9-11-24/h3-7,12-13,22H,8-11H2,1-2H3,(H,23,26). The Morgan fingerprint density at radius 2 is 1.77 bits per heavy atom. The molecule has 136 valence electrons. The van der Waals surface area contributed by atoms with Crippen LogP contribution < -0.4 is 15.9 Å². The van der Waals surface area contributed by atoms with E-state index < -0.39 is 5.54 Å². The van der Waals surface area contributed by atoms with Gasteiger partial charge in [0.05, 0.1) is 22.3 Å². The van der Waals surface area contributed by atoms with E-state index in [0.717, 1.165) is 37.4 Å². The zero-order valence-electron chi connectivity index (χ0n) is 15.1. The topological polar surface area (TPSA) is 53.1 Å². The monoisotopic (exact) mass is 354 g/mol. The van der Waals surface area contributed by atoms with E-state index in [2.05, 4.69) is 15.2 Å². The van der Waals surface area contributed by atoms with Crippen LogP contribution in [0.1, 0.15) is 19.4 Å². The van der Waals surface area contributed by atoms with Gasteiger partial charge in [0, 0.05) is 26.2 Å². The van der Waals surface area contributed by atoms with Crippen molar-refractivity contribution in [3.8, 4) is 0 Å². The van der Waals surface area contributed by atoms with Crippen LogP contribution in [-0.2, 0) is 5.54 Å². The summed E-state index contributed by atoms with van der Waals surface area (Å²) in [4.78, 5) is 18.0. The van der Waals surface area contributed by atoms with Crippen LogP contribution >= 0.6 is 0 Å². The van der Waals surface area contributed by atoms with Crippen LogP contribution in [0.25, 0.3) is 11.0 Å². The molecule has 4 rings (SSSR count). The second-order valence-electron chi connectivity index (χ2n) is 7.25. The molecule has 2 aromatic carbocycles. The van der Waals surface area contributed by atoms with Gasteiger partial charge in [-0.2, -0.15) is 0 Å². The molecular weight excluding hydrogens is 331 g/mol. The molecule has 0 aliphatic carbocycles. The van der Waals surface area contributed by atoms with Gasteiger partial charge in [-0.15, -0.1) is 0 Å². The van der Waals surface area contributed by atoms with E-state index in [9.17, 15) is 9.18 Å². The number of fused-ring (bicyclic) bond motifs is 1. The number of hydrogen-bond acceptors (Lipinski definition) is 3. The molecule has 0 saturated carbocycles. The minimum atomic E-state index is -0.606. The number of benzene rings is 2. The van der Waals surface area contributed by atoms with Crippen molar-refractivity contribution < 1.29 is 4.39 Å². The van der Waals surface area contributed by atoms with E-state index in [1.54, 1.807) is 4.57 Å². The molecule has 2 N–H and O–H groups in total. The molecule has 0 radical (unpaired) electrons. The van der Waals surface area contributed by atoms with Crippen molar-refractivity contribution in [1.82, 2.24) is 14.9 Å². The van der Waals surface area contributed by atoms with Gasteiger partial charge < -0.3 is 15.2 Å². The van der Waals surface area contributed by atoms with Gasteiger partial charge in [0.15, 0.2) is 0 Å². The van der Waals surface area contributed by atoms with E-state index in [-0.39, 0.29) is 11.5 Å². The van der Waals surface area contributed by atoms with Crippen LogP contribution in [0.15, 0.2) is 47.3 Å². The Kier molecular flexibility index (Phi) is 4.07. The Balaban J connectivity index is 1.93.